The molecule has 0 aromatic heterocycles. The second-order valence-corrected chi connectivity index (χ2v) is 8.29. The largest absolute Gasteiger partial charge is 0.448 e. The van der Waals surface area contributed by atoms with E-state index in [1.165, 1.54) is 24.3 Å². The molecule has 0 bridgehead atoms. The van der Waals surface area contributed by atoms with Crippen molar-refractivity contribution >= 4 is 33.7 Å². The highest BCUT2D eigenvalue weighted by Gasteiger charge is 2.35. The molecule has 2 aromatic rings. The van der Waals surface area contributed by atoms with Crippen LogP contribution in [0, 0.1) is 5.82 Å². The van der Waals surface area contributed by atoms with E-state index in [2.05, 4.69) is 15.9 Å². The number of hydrogen-bond acceptors (Lipinski definition) is 4. The maximum atomic E-state index is 13.1. The molecule has 0 N–H and O–H groups in total. The molecule has 2 aromatic carbocycles. The number of cyclic esters (lactones) is 1. The molecule has 2 aliphatic rings. The molecule has 4 rings (SSSR count). The van der Waals surface area contributed by atoms with Crippen LogP contribution >= 0.6 is 15.9 Å². The van der Waals surface area contributed by atoms with Gasteiger partial charge in [0.05, 0.1) is 5.56 Å². The van der Waals surface area contributed by atoms with Crippen molar-refractivity contribution in [2.24, 2.45) is 0 Å². The first-order valence-corrected chi connectivity index (χ1v) is 10.5. The fraction of sp³-hybridized carbons (Fsp3) is 0.318. The smallest absolute Gasteiger partial charge is 0.339 e. The summed E-state index contributed by atoms with van der Waals surface area (Å²) in [6, 6.07) is 10.8. The summed E-state index contributed by atoms with van der Waals surface area (Å²) in [5.74, 6) is -1.32. The van der Waals surface area contributed by atoms with Crippen LogP contribution < -0.4 is 0 Å². The fourth-order valence-corrected chi connectivity index (χ4v) is 4.17. The van der Waals surface area contributed by atoms with Crippen LogP contribution in [0.1, 0.15) is 32.7 Å². The van der Waals surface area contributed by atoms with Crippen LogP contribution in [0.4, 0.5) is 4.39 Å². The van der Waals surface area contributed by atoms with Gasteiger partial charge in [0.25, 0.3) is 11.8 Å². The maximum absolute atomic E-state index is 13.1. The van der Waals surface area contributed by atoms with E-state index in [0.29, 0.717) is 50.1 Å². The van der Waals surface area contributed by atoms with Gasteiger partial charge in [-0.3, -0.25) is 9.59 Å². The lowest BCUT2D eigenvalue weighted by Crippen LogP contribution is -2.46. The zero-order valence-electron chi connectivity index (χ0n) is 16.1. The number of hydrogen-bond donors (Lipinski definition) is 0. The fourth-order valence-electron chi connectivity index (χ4n) is 3.81. The molecule has 2 aliphatic heterocycles. The van der Waals surface area contributed by atoms with Crippen molar-refractivity contribution in [3.63, 3.8) is 0 Å². The third-order valence-electron chi connectivity index (χ3n) is 5.41. The lowest BCUT2D eigenvalue weighted by molar-refractivity contribution is -0.141. The van der Waals surface area contributed by atoms with Crippen molar-refractivity contribution in [3.05, 3.63) is 69.4 Å². The lowest BCUT2D eigenvalue weighted by Gasteiger charge is -2.29. The molecular weight excluding hydrogens is 455 g/mol. The summed E-state index contributed by atoms with van der Waals surface area (Å²) in [5.41, 5.74) is 1.68. The first kappa shape index (κ1) is 20.5. The van der Waals surface area contributed by atoms with Crippen molar-refractivity contribution in [1.29, 1.82) is 0 Å². The van der Waals surface area contributed by atoms with Crippen molar-refractivity contribution in [2.45, 2.75) is 18.9 Å². The summed E-state index contributed by atoms with van der Waals surface area (Å²) >= 11 is 3.34. The van der Waals surface area contributed by atoms with Gasteiger partial charge in [-0.25, -0.2) is 9.18 Å². The number of amides is 2. The molecule has 30 heavy (non-hydrogen) atoms. The zero-order valence-corrected chi connectivity index (χ0v) is 17.7. The normalized spacial score (nSPS) is 19.0. The number of rotatable bonds is 2. The van der Waals surface area contributed by atoms with E-state index in [1.807, 2.05) is 12.1 Å². The standard InChI is InChI=1S/C22H20BrFN2O4/c23-16-5-2-15-12-19(30-22(29)18(15)13-16)21(28)26-9-1-8-25(10-11-26)20(27)14-3-6-17(24)7-4-14/h2-7,13,19H,1,8-12H2. The Morgan fingerprint density at radius 1 is 1.00 bits per heavy atom. The van der Waals surface area contributed by atoms with Crippen LogP contribution in [0.25, 0.3) is 0 Å². The average Bonchev–Trinajstić information content (AvgIpc) is 3.00. The predicted molar refractivity (Wildman–Crippen MR) is 111 cm³/mol. The molecular formula is C22H20BrFN2O4. The molecule has 0 spiro atoms. The van der Waals surface area contributed by atoms with Gasteiger partial charge in [0.1, 0.15) is 5.82 Å². The Morgan fingerprint density at radius 2 is 1.70 bits per heavy atom. The number of ether oxygens (including phenoxy) is 1. The monoisotopic (exact) mass is 474 g/mol. The Bertz CT molecular complexity index is 995. The van der Waals surface area contributed by atoms with Crippen LogP contribution in [0.15, 0.2) is 46.9 Å². The van der Waals surface area contributed by atoms with Gasteiger partial charge >= 0.3 is 5.97 Å². The van der Waals surface area contributed by atoms with E-state index in [0.717, 1.165) is 10.0 Å². The number of carbonyl (C=O) groups excluding carboxylic acids is 3. The summed E-state index contributed by atoms with van der Waals surface area (Å²) in [4.78, 5) is 41.3. The summed E-state index contributed by atoms with van der Waals surface area (Å²) in [6.45, 7) is 1.70. The lowest BCUT2D eigenvalue weighted by atomic mass is 9.98. The molecule has 2 heterocycles. The Morgan fingerprint density at radius 3 is 2.47 bits per heavy atom. The van der Waals surface area contributed by atoms with Gasteiger partial charge in [0, 0.05) is 42.6 Å². The summed E-state index contributed by atoms with van der Waals surface area (Å²) in [7, 11) is 0. The minimum absolute atomic E-state index is 0.187. The topological polar surface area (TPSA) is 66.9 Å². The molecule has 1 unspecified atom stereocenters. The van der Waals surface area contributed by atoms with Crippen LogP contribution in [0.2, 0.25) is 0 Å². The Balaban J connectivity index is 1.41. The minimum Gasteiger partial charge on any atom is -0.448 e. The molecule has 2 amide bonds. The van der Waals surface area contributed by atoms with Crippen LogP contribution in [0.3, 0.4) is 0 Å². The Labute approximate surface area is 181 Å². The summed E-state index contributed by atoms with van der Waals surface area (Å²) < 4.78 is 19.3. The molecule has 0 radical (unpaired) electrons. The predicted octanol–water partition coefficient (Wildman–Crippen LogP) is 3.04. The van der Waals surface area contributed by atoms with Crippen molar-refractivity contribution in [1.82, 2.24) is 9.80 Å². The molecule has 0 saturated carbocycles. The van der Waals surface area contributed by atoms with E-state index in [9.17, 15) is 18.8 Å². The highest BCUT2D eigenvalue weighted by atomic mass is 79.9. The van der Waals surface area contributed by atoms with E-state index < -0.39 is 17.9 Å². The minimum atomic E-state index is -0.856. The Hall–Kier alpha value is -2.74. The van der Waals surface area contributed by atoms with Crippen LogP contribution in [-0.2, 0) is 16.0 Å². The average molecular weight is 475 g/mol. The van der Waals surface area contributed by atoms with E-state index in [4.69, 9.17) is 4.74 Å². The van der Waals surface area contributed by atoms with E-state index in [1.54, 1.807) is 15.9 Å². The van der Waals surface area contributed by atoms with Crippen molar-refractivity contribution in [2.75, 3.05) is 26.2 Å². The summed E-state index contributed by atoms with van der Waals surface area (Å²) in [6.07, 6.45) is 0.0932. The number of fused-ring (bicyclic) bond motifs is 1. The summed E-state index contributed by atoms with van der Waals surface area (Å²) in [5, 5.41) is 0. The Kier molecular flexibility index (Phi) is 5.85. The molecule has 156 valence electrons. The van der Waals surface area contributed by atoms with E-state index >= 15 is 0 Å². The molecule has 8 heteroatoms. The SMILES string of the molecule is O=C1OC(C(=O)N2CCCN(C(=O)c3ccc(F)cc3)CC2)Cc2ccc(Br)cc21. The molecule has 1 atom stereocenters. The second-order valence-electron chi connectivity index (χ2n) is 7.38. The van der Waals surface area contributed by atoms with Crippen molar-refractivity contribution in [3.8, 4) is 0 Å². The number of carbonyl (C=O) groups is 3. The molecule has 1 fully saturated rings. The van der Waals surface area contributed by atoms with Crippen LogP contribution in [-0.4, -0.2) is 59.9 Å². The van der Waals surface area contributed by atoms with Crippen molar-refractivity contribution < 1.29 is 23.5 Å². The van der Waals surface area contributed by atoms with Gasteiger partial charge in [-0.15, -0.1) is 0 Å². The molecule has 0 aliphatic carbocycles. The third kappa shape index (κ3) is 4.23. The highest BCUT2D eigenvalue weighted by molar-refractivity contribution is 9.10. The molecule has 6 nitrogen and oxygen atoms in total. The van der Waals surface area contributed by atoms with Gasteiger partial charge in [0.2, 0.25) is 0 Å². The first-order chi connectivity index (χ1) is 14.4. The van der Waals surface area contributed by atoms with Gasteiger partial charge in [-0.1, -0.05) is 22.0 Å². The zero-order chi connectivity index (χ0) is 21.3. The van der Waals surface area contributed by atoms with Gasteiger partial charge in [0.15, 0.2) is 6.10 Å². The maximum Gasteiger partial charge on any atom is 0.339 e. The van der Waals surface area contributed by atoms with Crippen LogP contribution in [0.5, 0.6) is 0 Å². The number of esters is 1. The number of halogens is 2. The van der Waals surface area contributed by atoms with Gasteiger partial charge in [-0.2, -0.15) is 0 Å². The number of benzene rings is 2. The van der Waals surface area contributed by atoms with E-state index in [-0.39, 0.29) is 11.8 Å². The highest BCUT2D eigenvalue weighted by Crippen LogP contribution is 2.25. The molecule has 1 saturated heterocycles. The number of nitrogens with zero attached hydrogens (tertiary/aromatic N) is 2. The van der Waals surface area contributed by atoms with Gasteiger partial charge in [-0.05, 0) is 48.4 Å². The first-order valence-electron chi connectivity index (χ1n) is 9.75. The van der Waals surface area contributed by atoms with Gasteiger partial charge < -0.3 is 14.5 Å². The quantitative estimate of drug-likeness (QED) is 0.627. The third-order valence-corrected chi connectivity index (χ3v) is 5.90. The second kappa shape index (κ2) is 8.55.